The summed E-state index contributed by atoms with van der Waals surface area (Å²) in [6, 6.07) is 0. The average molecular weight is 269 g/mol. The third kappa shape index (κ3) is 6.71. The molecule has 110 valence electrons. The second kappa shape index (κ2) is 7.63. The van der Waals surface area contributed by atoms with E-state index >= 15 is 0 Å². The molecule has 1 N–H and O–H groups in total. The Hall–Kier alpha value is -0.900. The van der Waals surface area contributed by atoms with E-state index in [0.717, 1.165) is 56.1 Å². The summed E-state index contributed by atoms with van der Waals surface area (Å²) >= 11 is 0. The first kappa shape index (κ1) is 16.2. The van der Waals surface area contributed by atoms with Crippen LogP contribution in [-0.2, 0) is 9.59 Å². The predicted molar refractivity (Wildman–Crippen MR) is 76.7 cm³/mol. The molecule has 1 rings (SSSR count). The summed E-state index contributed by atoms with van der Waals surface area (Å²) in [4.78, 5) is 23.8. The number of carbonyl (C=O) groups is 2. The van der Waals surface area contributed by atoms with Crippen molar-refractivity contribution in [2.45, 2.75) is 44.9 Å². The Morgan fingerprint density at radius 2 is 1.95 bits per heavy atom. The van der Waals surface area contributed by atoms with Crippen LogP contribution in [0.1, 0.15) is 44.9 Å². The van der Waals surface area contributed by atoms with Gasteiger partial charge in [0.05, 0.1) is 33.6 Å². The molecule has 0 spiro atoms. The molecule has 1 aliphatic heterocycles. The molecule has 1 atom stereocenters. The first-order valence-electron chi connectivity index (χ1n) is 7.51. The Bertz CT molecular complexity index is 308. The third-order valence-electron chi connectivity index (χ3n) is 3.68. The second-order valence-corrected chi connectivity index (χ2v) is 6.63. The van der Waals surface area contributed by atoms with E-state index in [0.29, 0.717) is 6.42 Å². The van der Waals surface area contributed by atoms with Crippen molar-refractivity contribution < 1.29 is 14.1 Å². The molecule has 0 aliphatic carbocycles. The van der Waals surface area contributed by atoms with Crippen LogP contribution in [0.2, 0.25) is 0 Å². The highest BCUT2D eigenvalue weighted by atomic mass is 16.2. The molecule has 1 fully saturated rings. The number of Topliss-reactive ketones (excluding diaryl/α,β-unsaturated/α-hetero) is 1. The summed E-state index contributed by atoms with van der Waals surface area (Å²) < 4.78 is 0.971. The molecule has 0 aromatic heterocycles. The van der Waals surface area contributed by atoms with Gasteiger partial charge in [-0.25, -0.2) is 0 Å². The van der Waals surface area contributed by atoms with E-state index in [-0.39, 0.29) is 17.6 Å². The van der Waals surface area contributed by atoms with Gasteiger partial charge in [-0.15, -0.1) is 0 Å². The van der Waals surface area contributed by atoms with Gasteiger partial charge in [-0.2, -0.15) is 0 Å². The second-order valence-electron chi connectivity index (χ2n) is 6.63. The molecular weight excluding hydrogens is 240 g/mol. The molecular formula is C15H29N2O2+. The first-order valence-corrected chi connectivity index (χ1v) is 7.51. The van der Waals surface area contributed by atoms with Crippen LogP contribution in [0.3, 0.4) is 0 Å². The maximum absolute atomic E-state index is 12.1. The quantitative estimate of drug-likeness (QED) is 0.435. The zero-order chi connectivity index (χ0) is 14.3. The molecule has 0 radical (unpaired) electrons. The van der Waals surface area contributed by atoms with Gasteiger partial charge in [0.25, 0.3) is 0 Å². The highest BCUT2D eigenvalue weighted by Gasteiger charge is 2.26. The van der Waals surface area contributed by atoms with Crippen LogP contribution in [0.15, 0.2) is 0 Å². The highest BCUT2D eigenvalue weighted by molar-refractivity contribution is 6.01. The summed E-state index contributed by atoms with van der Waals surface area (Å²) in [6.45, 7) is 1.87. The molecule has 1 amide bonds. The monoisotopic (exact) mass is 269 g/mol. The molecule has 4 heteroatoms. The first-order chi connectivity index (χ1) is 8.90. The average Bonchev–Trinajstić information content (AvgIpc) is 2.51. The van der Waals surface area contributed by atoms with Crippen molar-refractivity contribution in [1.82, 2.24) is 5.32 Å². The van der Waals surface area contributed by atoms with Crippen LogP contribution >= 0.6 is 0 Å². The zero-order valence-corrected chi connectivity index (χ0v) is 12.7. The van der Waals surface area contributed by atoms with Crippen molar-refractivity contribution in [3.8, 4) is 0 Å². The van der Waals surface area contributed by atoms with Crippen molar-refractivity contribution in [1.29, 1.82) is 0 Å². The van der Waals surface area contributed by atoms with Gasteiger partial charge >= 0.3 is 0 Å². The summed E-state index contributed by atoms with van der Waals surface area (Å²) in [5.74, 6) is -0.278. The van der Waals surface area contributed by atoms with E-state index in [9.17, 15) is 9.59 Å². The Labute approximate surface area is 117 Å². The number of nitrogens with one attached hydrogen (secondary N) is 1. The van der Waals surface area contributed by atoms with Crippen LogP contribution in [0.5, 0.6) is 0 Å². The van der Waals surface area contributed by atoms with Crippen LogP contribution in [0.25, 0.3) is 0 Å². The van der Waals surface area contributed by atoms with Crippen LogP contribution in [0.4, 0.5) is 0 Å². The fourth-order valence-electron chi connectivity index (χ4n) is 2.48. The smallest absolute Gasteiger partial charge is 0.230 e. The summed E-state index contributed by atoms with van der Waals surface area (Å²) in [5.41, 5.74) is 0. The van der Waals surface area contributed by atoms with E-state index in [1.165, 1.54) is 0 Å². The Balaban J connectivity index is 2.21. The molecule has 0 bridgehead atoms. The molecule has 1 heterocycles. The normalized spacial score (nSPS) is 20.8. The number of amides is 1. The lowest BCUT2D eigenvalue weighted by Gasteiger charge is -2.23. The van der Waals surface area contributed by atoms with Crippen LogP contribution in [-0.4, -0.2) is 50.4 Å². The SMILES string of the molecule is C[N+](C)(C)CCCCCC(=O)C1CCCCNC1=O. The van der Waals surface area contributed by atoms with Gasteiger partial charge < -0.3 is 9.80 Å². The number of quaternary nitrogens is 1. The Morgan fingerprint density at radius 1 is 1.21 bits per heavy atom. The molecule has 1 unspecified atom stereocenters. The van der Waals surface area contributed by atoms with E-state index < -0.39 is 0 Å². The van der Waals surface area contributed by atoms with E-state index in [1.54, 1.807) is 0 Å². The fraction of sp³-hybridized carbons (Fsp3) is 0.867. The van der Waals surface area contributed by atoms with Crippen LogP contribution < -0.4 is 5.32 Å². The standard InChI is InChI=1S/C15H28N2O2/c1-17(2,3)12-8-4-5-10-14(18)13-9-6-7-11-16-15(13)19/h13H,4-12H2,1-3H3/p+1. The maximum atomic E-state index is 12.1. The molecule has 1 saturated heterocycles. The van der Waals surface area contributed by atoms with Crippen LogP contribution in [0, 0.1) is 5.92 Å². The van der Waals surface area contributed by atoms with Gasteiger partial charge in [-0.05, 0) is 32.1 Å². The van der Waals surface area contributed by atoms with E-state index in [1.807, 2.05) is 0 Å². The van der Waals surface area contributed by atoms with Crippen molar-refractivity contribution in [2.24, 2.45) is 5.92 Å². The molecule has 19 heavy (non-hydrogen) atoms. The topological polar surface area (TPSA) is 46.2 Å². The molecule has 0 aromatic carbocycles. The lowest BCUT2D eigenvalue weighted by Crippen LogP contribution is -2.35. The minimum atomic E-state index is -0.374. The highest BCUT2D eigenvalue weighted by Crippen LogP contribution is 2.17. The van der Waals surface area contributed by atoms with Gasteiger partial charge in [0, 0.05) is 13.0 Å². The van der Waals surface area contributed by atoms with Gasteiger partial charge in [0.2, 0.25) is 5.91 Å². The fourth-order valence-corrected chi connectivity index (χ4v) is 2.48. The van der Waals surface area contributed by atoms with E-state index in [2.05, 4.69) is 26.5 Å². The number of hydrogen-bond donors (Lipinski definition) is 1. The van der Waals surface area contributed by atoms with Crippen molar-refractivity contribution in [3.05, 3.63) is 0 Å². The van der Waals surface area contributed by atoms with Crippen molar-refractivity contribution >= 4 is 11.7 Å². The molecule has 0 aromatic rings. The minimum absolute atomic E-state index is 0.0474. The summed E-state index contributed by atoms with van der Waals surface area (Å²) in [6.07, 6.45) is 6.43. The van der Waals surface area contributed by atoms with Crippen molar-refractivity contribution in [3.63, 3.8) is 0 Å². The third-order valence-corrected chi connectivity index (χ3v) is 3.68. The minimum Gasteiger partial charge on any atom is -0.355 e. The largest absolute Gasteiger partial charge is 0.355 e. The summed E-state index contributed by atoms with van der Waals surface area (Å²) in [7, 11) is 6.54. The lowest BCUT2D eigenvalue weighted by atomic mass is 9.94. The molecule has 1 aliphatic rings. The molecule has 0 saturated carbocycles. The number of ketones is 1. The molecule has 4 nitrogen and oxygen atoms in total. The predicted octanol–water partition coefficient (Wildman–Crippen LogP) is 1.74. The zero-order valence-electron chi connectivity index (χ0n) is 12.7. The number of carbonyl (C=O) groups excluding carboxylic acids is 2. The summed E-state index contributed by atoms with van der Waals surface area (Å²) in [5, 5.41) is 2.83. The lowest BCUT2D eigenvalue weighted by molar-refractivity contribution is -0.870. The Morgan fingerprint density at radius 3 is 2.63 bits per heavy atom. The number of nitrogens with zero attached hydrogens (tertiary/aromatic N) is 1. The number of rotatable bonds is 7. The number of unbranched alkanes of at least 4 members (excludes halogenated alkanes) is 2. The maximum Gasteiger partial charge on any atom is 0.230 e. The van der Waals surface area contributed by atoms with Gasteiger partial charge in [-0.1, -0.05) is 6.42 Å². The van der Waals surface area contributed by atoms with Gasteiger partial charge in [0.15, 0.2) is 0 Å². The van der Waals surface area contributed by atoms with Gasteiger partial charge in [-0.3, -0.25) is 9.59 Å². The van der Waals surface area contributed by atoms with E-state index in [4.69, 9.17) is 0 Å². The van der Waals surface area contributed by atoms with Gasteiger partial charge in [0.1, 0.15) is 5.78 Å². The van der Waals surface area contributed by atoms with Crippen molar-refractivity contribution in [2.75, 3.05) is 34.2 Å². The number of hydrogen-bond acceptors (Lipinski definition) is 2. The Kier molecular flexibility index (Phi) is 6.49.